The number of fused-ring (bicyclic) bond motifs is 9. The Hall–Kier alpha value is -7.83. The minimum atomic E-state index is -0.623. The van der Waals surface area contributed by atoms with Crippen molar-refractivity contribution in [2.45, 2.75) is 0 Å². The van der Waals surface area contributed by atoms with Gasteiger partial charge in [0.15, 0.2) is 11.6 Å². The van der Waals surface area contributed by atoms with Crippen molar-refractivity contribution in [2.24, 2.45) is 0 Å². The fraction of sp³-hybridized carbons (Fsp3) is 0. The minimum Gasteiger partial charge on any atom is -0.456 e. The van der Waals surface area contributed by atoms with Crippen molar-refractivity contribution < 1.29 is 22.2 Å². The Morgan fingerprint density at radius 3 is 1.75 bits per heavy atom. The highest BCUT2D eigenvalue weighted by Gasteiger charge is 2.22. The first-order valence-corrected chi connectivity index (χ1v) is 18.1. The highest BCUT2D eigenvalue weighted by molar-refractivity contribution is 6.14. The van der Waals surface area contributed by atoms with Gasteiger partial charge < -0.3 is 8.98 Å². The van der Waals surface area contributed by atoms with Crippen molar-refractivity contribution in [1.29, 1.82) is 0 Å². The fourth-order valence-corrected chi connectivity index (χ4v) is 7.94. The molecular weight excluding hydrogens is 699 g/mol. The molecule has 6 nitrogen and oxygen atoms in total. The van der Waals surface area contributed by atoms with E-state index in [1.807, 2.05) is 66.7 Å². The number of benzene rings is 8. The Kier molecular flexibility index (Phi) is 4.62. The quantitative estimate of drug-likeness (QED) is 0.176. The third-order valence-corrected chi connectivity index (χ3v) is 10.3. The predicted octanol–water partition coefficient (Wildman–Crippen LogP) is 13.0. The van der Waals surface area contributed by atoms with Gasteiger partial charge >= 0.3 is 0 Å². The minimum absolute atomic E-state index is 0.0446. The van der Waals surface area contributed by atoms with Gasteiger partial charge in [0.05, 0.1) is 45.6 Å². The lowest BCUT2D eigenvalue weighted by atomic mass is 9.97. The van der Waals surface area contributed by atoms with Crippen LogP contribution >= 0.6 is 0 Å². The number of hydrogen-bond donors (Lipinski definition) is 0. The van der Waals surface area contributed by atoms with E-state index in [4.69, 9.17) is 34.4 Å². The number of aromatic nitrogens is 5. The van der Waals surface area contributed by atoms with Gasteiger partial charge in [0.25, 0.3) is 0 Å². The Bertz CT molecular complexity index is 4150. The molecule has 0 saturated heterocycles. The molecule has 12 rings (SSSR count). The van der Waals surface area contributed by atoms with Crippen LogP contribution in [0.5, 0.6) is 0 Å². The molecule has 0 bridgehead atoms. The van der Waals surface area contributed by atoms with Crippen LogP contribution in [0.25, 0.3) is 111 Å². The summed E-state index contributed by atoms with van der Waals surface area (Å²) in [5.41, 5.74) is 3.48. The molecule has 4 aromatic heterocycles. The molecule has 0 fully saturated rings. The standard InChI is InChI=1S/C51H31N5O/c1-2-16-32(17-3-1)40-30-33(31-47-48(40)39-23-9-15-29-46(39)57-47)49-52-50(54-51(53-49)56-43-26-12-6-20-36(43)37-21-7-13-27-44(37)56)38-22-8-14-28-45(38)55-41-24-10-4-18-34(41)35-19-5-11-25-42(35)55/h1-31H/i1D,2D,3D,6D,7D,12D,13D,16D,17D,20D,21D,26D,27D. The summed E-state index contributed by atoms with van der Waals surface area (Å²) >= 11 is 0. The van der Waals surface area contributed by atoms with Crippen molar-refractivity contribution in [2.75, 3.05) is 0 Å². The maximum atomic E-state index is 9.28. The van der Waals surface area contributed by atoms with Crippen LogP contribution in [0.4, 0.5) is 0 Å². The smallest absolute Gasteiger partial charge is 0.238 e. The van der Waals surface area contributed by atoms with Crippen molar-refractivity contribution in [1.82, 2.24) is 24.1 Å². The van der Waals surface area contributed by atoms with E-state index in [0.717, 1.165) is 21.8 Å². The fourth-order valence-electron chi connectivity index (χ4n) is 7.94. The molecule has 0 atom stereocenters. The van der Waals surface area contributed by atoms with E-state index in [1.165, 1.54) is 4.57 Å². The van der Waals surface area contributed by atoms with E-state index in [2.05, 4.69) is 4.57 Å². The molecule has 0 amide bonds. The van der Waals surface area contributed by atoms with Gasteiger partial charge in [-0.1, -0.05) is 133 Å². The number of furan rings is 1. The van der Waals surface area contributed by atoms with Crippen LogP contribution in [-0.2, 0) is 0 Å². The van der Waals surface area contributed by atoms with Crippen LogP contribution in [0.3, 0.4) is 0 Å². The second-order valence-corrected chi connectivity index (χ2v) is 13.4. The predicted molar refractivity (Wildman–Crippen MR) is 232 cm³/mol. The van der Waals surface area contributed by atoms with Crippen molar-refractivity contribution in [3.05, 3.63) is 188 Å². The van der Waals surface area contributed by atoms with Gasteiger partial charge in [-0.05, 0) is 65.7 Å². The molecule has 0 N–H and O–H groups in total. The molecule has 0 spiro atoms. The molecule has 0 aliphatic rings. The highest BCUT2D eigenvalue weighted by Crippen LogP contribution is 2.41. The van der Waals surface area contributed by atoms with E-state index in [-0.39, 0.29) is 61.7 Å². The molecule has 6 heteroatoms. The normalized spacial score (nSPS) is 15.1. The molecule has 0 aliphatic heterocycles. The van der Waals surface area contributed by atoms with Crippen molar-refractivity contribution in [3.8, 4) is 45.5 Å². The van der Waals surface area contributed by atoms with E-state index >= 15 is 0 Å². The second kappa shape index (κ2) is 12.3. The molecule has 57 heavy (non-hydrogen) atoms. The van der Waals surface area contributed by atoms with Crippen LogP contribution in [0.15, 0.2) is 192 Å². The zero-order chi connectivity index (χ0) is 48.8. The van der Waals surface area contributed by atoms with E-state index < -0.39 is 78.6 Å². The maximum Gasteiger partial charge on any atom is 0.238 e. The van der Waals surface area contributed by atoms with Gasteiger partial charge in [-0.3, -0.25) is 4.57 Å². The lowest BCUT2D eigenvalue weighted by molar-refractivity contribution is 0.669. The molecular formula is C51H31N5O. The average Bonchev–Trinajstić information content (AvgIpc) is 4.06. The van der Waals surface area contributed by atoms with Crippen molar-refractivity contribution >= 4 is 65.6 Å². The molecule has 0 aliphatic carbocycles. The monoisotopic (exact) mass is 742 g/mol. The molecule has 0 saturated carbocycles. The largest absolute Gasteiger partial charge is 0.456 e. The van der Waals surface area contributed by atoms with Crippen molar-refractivity contribution in [3.63, 3.8) is 0 Å². The van der Waals surface area contributed by atoms with Crippen LogP contribution in [0.2, 0.25) is 0 Å². The first-order valence-electron chi connectivity index (χ1n) is 24.6. The summed E-state index contributed by atoms with van der Waals surface area (Å²) in [6, 6.07) is 26.4. The zero-order valence-electron chi connectivity index (χ0n) is 42.5. The third-order valence-electron chi connectivity index (χ3n) is 10.3. The number of para-hydroxylation sites is 6. The molecule has 12 aromatic rings. The number of nitrogens with zero attached hydrogens (tertiary/aromatic N) is 5. The number of hydrogen-bond acceptors (Lipinski definition) is 4. The summed E-state index contributed by atoms with van der Waals surface area (Å²) in [5.74, 6) is -0.297. The lowest BCUT2D eigenvalue weighted by Gasteiger charge is -2.15. The molecule has 0 unspecified atom stereocenters. The van der Waals surface area contributed by atoms with Crippen LogP contribution in [0.1, 0.15) is 17.8 Å². The SMILES string of the molecule is [2H]c1c([2H])c([2H])c(-c2cc(-c3nc(-c4ccccc4-n4c5ccccc5c5ccccc54)nc(-n4c5c([2H])c([2H])c([2H])c([2H])c5c5c([2H])c([2H])c([2H])c([2H])c54)n3)cc3oc4ccccc4c23)c([2H])c1[2H]. The first kappa shape index (κ1) is 21.3. The van der Waals surface area contributed by atoms with Gasteiger partial charge in [-0.15, -0.1) is 0 Å². The maximum absolute atomic E-state index is 9.28. The van der Waals surface area contributed by atoms with E-state index in [9.17, 15) is 2.74 Å². The third kappa shape index (κ3) is 4.81. The summed E-state index contributed by atoms with van der Waals surface area (Å²) in [6.45, 7) is 0. The summed E-state index contributed by atoms with van der Waals surface area (Å²) in [7, 11) is 0. The number of rotatable bonds is 5. The lowest BCUT2D eigenvalue weighted by Crippen LogP contribution is -2.08. The molecule has 4 heterocycles. The Morgan fingerprint density at radius 1 is 0.421 bits per heavy atom. The van der Waals surface area contributed by atoms with Gasteiger partial charge in [0.2, 0.25) is 5.95 Å². The Balaban J connectivity index is 1.25. The Labute approximate surface area is 344 Å². The molecule has 8 aromatic carbocycles. The van der Waals surface area contributed by atoms with Gasteiger partial charge in [-0.25, -0.2) is 4.98 Å². The van der Waals surface area contributed by atoms with Crippen LogP contribution in [-0.4, -0.2) is 24.1 Å². The summed E-state index contributed by atoms with van der Waals surface area (Å²) < 4.78 is 125. The van der Waals surface area contributed by atoms with Gasteiger partial charge in [0, 0.05) is 43.4 Å². The zero-order valence-corrected chi connectivity index (χ0v) is 29.5. The van der Waals surface area contributed by atoms with Crippen LogP contribution in [0, 0.1) is 0 Å². The highest BCUT2D eigenvalue weighted by atomic mass is 16.3. The van der Waals surface area contributed by atoms with Gasteiger partial charge in [-0.2, -0.15) is 9.97 Å². The molecule has 266 valence electrons. The molecule has 0 radical (unpaired) electrons. The Morgan fingerprint density at radius 2 is 1.02 bits per heavy atom. The summed E-state index contributed by atoms with van der Waals surface area (Å²) in [6.07, 6.45) is 0. The topological polar surface area (TPSA) is 61.7 Å². The summed E-state index contributed by atoms with van der Waals surface area (Å²) in [5, 5.41) is 2.69. The first-order chi connectivity index (χ1) is 33.7. The average molecular weight is 743 g/mol. The van der Waals surface area contributed by atoms with E-state index in [0.29, 0.717) is 27.6 Å². The van der Waals surface area contributed by atoms with Crippen LogP contribution < -0.4 is 0 Å². The second-order valence-electron chi connectivity index (χ2n) is 13.4. The van der Waals surface area contributed by atoms with Gasteiger partial charge in [0.1, 0.15) is 11.2 Å². The summed E-state index contributed by atoms with van der Waals surface area (Å²) in [4.78, 5) is 15.2. The van der Waals surface area contributed by atoms with E-state index in [1.54, 1.807) is 42.5 Å².